The molecule has 114 valence electrons. The van der Waals surface area contributed by atoms with Gasteiger partial charge in [0.05, 0.1) is 18.5 Å². The van der Waals surface area contributed by atoms with E-state index in [1.54, 1.807) is 7.11 Å². The molecule has 0 bridgehead atoms. The molecule has 0 spiro atoms. The number of fused-ring (bicyclic) bond motifs is 1. The van der Waals surface area contributed by atoms with Crippen LogP contribution in [0.3, 0.4) is 0 Å². The summed E-state index contributed by atoms with van der Waals surface area (Å²) in [4.78, 5) is 4.88. The minimum atomic E-state index is 0.220. The van der Waals surface area contributed by atoms with Crippen molar-refractivity contribution < 1.29 is 4.74 Å². The average molecular weight is 295 g/mol. The normalized spacial score (nSPS) is 12.5. The van der Waals surface area contributed by atoms with Crippen LogP contribution in [0.15, 0.2) is 42.6 Å². The molecule has 2 N–H and O–H groups in total. The summed E-state index contributed by atoms with van der Waals surface area (Å²) in [6.45, 7) is 4.79. The summed E-state index contributed by atoms with van der Waals surface area (Å²) in [5.74, 6) is 1.05. The molecule has 0 aliphatic rings. The first-order chi connectivity index (χ1) is 10.7. The van der Waals surface area contributed by atoms with E-state index in [2.05, 4.69) is 36.6 Å². The minimum absolute atomic E-state index is 0.220. The quantitative estimate of drug-likeness (QED) is 0.802. The third-order valence-corrected chi connectivity index (χ3v) is 4.05. The van der Waals surface area contributed by atoms with Crippen LogP contribution < -0.4 is 10.5 Å². The number of hydrogen-bond acceptors (Lipinski definition) is 3. The summed E-state index contributed by atoms with van der Waals surface area (Å²) in [6, 6.07) is 12.1. The zero-order valence-corrected chi connectivity index (χ0v) is 13.2. The molecule has 22 heavy (non-hydrogen) atoms. The summed E-state index contributed by atoms with van der Waals surface area (Å²) in [7, 11) is 1.68. The molecule has 4 heteroatoms. The van der Waals surface area contributed by atoms with Crippen molar-refractivity contribution in [1.82, 2.24) is 9.38 Å². The molecule has 0 radical (unpaired) electrons. The second kappa shape index (κ2) is 5.81. The number of methoxy groups -OCH3 is 1. The molecule has 3 rings (SSSR count). The molecule has 0 saturated heterocycles. The van der Waals surface area contributed by atoms with Gasteiger partial charge in [0.25, 0.3) is 0 Å². The van der Waals surface area contributed by atoms with Gasteiger partial charge in [-0.15, -0.1) is 0 Å². The minimum Gasteiger partial charge on any atom is -0.497 e. The summed E-state index contributed by atoms with van der Waals surface area (Å²) >= 11 is 0. The van der Waals surface area contributed by atoms with Crippen molar-refractivity contribution in [2.45, 2.75) is 19.8 Å². The first kappa shape index (κ1) is 14.6. The standard InChI is InChI=1S/C18H21N3O/c1-12-6-5-9-21-17(13(2)11-19)16(20-18(12)21)14-7-4-8-15(10-14)22-3/h4-10,13H,11,19H2,1-3H3. The van der Waals surface area contributed by atoms with Gasteiger partial charge in [0.1, 0.15) is 11.4 Å². The molecule has 0 saturated carbocycles. The van der Waals surface area contributed by atoms with Gasteiger partial charge in [0, 0.05) is 24.2 Å². The van der Waals surface area contributed by atoms with Crippen molar-refractivity contribution in [2.24, 2.45) is 5.73 Å². The Bertz CT molecular complexity index is 807. The van der Waals surface area contributed by atoms with Crippen LogP contribution in [-0.4, -0.2) is 23.0 Å². The Hall–Kier alpha value is -2.33. The van der Waals surface area contributed by atoms with E-state index in [4.69, 9.17) is 15.5 Å². The first-order valence-electron chi connectivity index (χ1n) is 7.47. The number of pyridine rings is 1. The van der Waals surface area contributed by atoms with Crippen LogP contribution in [0.25, 0.3) is 16.9 Å². The number of imidazole rings is 1. The van der Waals surface area contributed by atoms with Crippen molar-refractivity contribution >= 4 is 5.65 Å². The van der Waals surface area contributed by atoms with Gasteiger partial charge < -0.3 is 14.9 Å². The maximum Gasteiger partial charge on any atom is 0.140 e. The van der Waals surface area contributed by atoms with Gasteiger partial charge in [-0.25, -0.2) is 4.98 Å². The number of aryl methyl sites for hydroxylation is 1. The maximum absolute atomic E-state index is 5.93. The van der Waals surface area contributed by atoms with Crippen molar-refractivity contribution in [2.75, 3.05) is 13.7 Å². The van der Waals surface area contributed by atoms with E-state index in [1.807, 2.05) is 24.3 Å². The molecule has 3 aromatic rings. The number of nitrogens with zero attached hydrogens (tertiary/aromatic N) is 2. The van der Waals surface area contributed by atoms with Crippen LogP contribution in [0.4, 0.5) is 0 Å². The maximum atomic E-state index is 5.93. The molecule has 1 unspecified atom stereocenters. The second-order valence-corrected chi connectivity index (χ2v) is 5.60. The van der Waals surface area contributed by atoms with Gasteiger partial charge in [0.2, 0.25) is 0 Å². The molecule has 0 aliphatic heterocycles. The molecular weight excluding hydrogens is 274 g/mol. The Morgan fingerprint density at radius 2 is 2.09 bits per heavy atom. The predicted molar refractivity (Wildman–Crippen MR) is 89.4 cm³/mol. The lowest BCUT2D eigenvalue weighted by atomic mass is 10.0. The number of aromatic nitrogens is 2. The third kappa shape index (κ3) is 2.35. The fourth-order valence-corrected chi connectivity index (χ4v) is 2.79. The number of nitrogens with two attached hydrogens (primary N) is 1. The van der Waals surface area contributed by atoms with Crippen LogP contribution in [0, 0.1) is 6.92 Å². The Morgan fingerprint density at radius 1 is 1.27 bits per heavy atom. The highest BCUT2D eigenvalue weighted by Gasteiger charge is 2.19. The Kier molecular flexibility index (Phi) is 3.86. The fraction of sp³-hybridized carbons (Fsp3) is 0.278. The lowest BCUT2D eigenvalue weighted by Crippen LogP contribution is -2.12. The number of benzene rings is 1. The van der Waals surface area contributed by atoms with Gasteiger partial charge in [0.15, 0.2) is 0 Å². The van der Waals surface area contributed by atoms with E-state index in [-0.39, 0.29) is 5.92 Å². The molecule has 0 amide bonds. The zero-order valence-electron chi connectivity index (χ0n) is 13.2. The number of ether oxygens (including phenoxy) is 1. The zero-order chi connectivity index (χ0) is 15.7. The van der Waals surface area contributed by atoms with E-state index in [0.29, 0.717) is 6.54 Å². The van der Waals surface area contributed by atoms with Gasteiger partial charge in [-0.3, -0.25) is 0 Å². The highest BCUT2D eigenvalue weighted by Crippen LogP contribution is 2.32. The fourth-order valence-electron chi connectivity index (χ4n) is 2.79. The molecule has 0 fully saturated rings. The second-order valence-electron chi connectivity index (χ2n) is 5.60. The van der Waals surface area contributed by atoms with Crippen LogP contribution >= 0.6 is 0 Å². The lowest BCUT2D eigenvalue weighted by Gasteiger charge is -2.12. The summed E-state index contributed by atoms with van der Waals surface area (Å²) < 4.78 is 7.50. The van der Waals surface area contributed by atoms with Gasteiger partial charge >= 0.3 is 0 Å². The molecule has 1 aromatic carbocycles. The Labute approximate surface area is 130 Å². The Balaban J connectivity index is 2.30. The van der Waals surface area contributed by atoms with E-state index in [0.717, 1.165) is 33.9 Å². The van der Waals surface area contributed by atoms with Gasteiger partial charge in [-0.1, -0.05) is 25.1 Å². The summed E-state index contributed by atoms with van der Waals surface area (Å²) in [5.41, 5.74) is 11.2. The molecule has 1 atom stereocenters. The molecule has 0 aliphatic carbocycles. The van der Waals surface area contributed by atoms with E-state index >= 15 is 0 Å². The molecular formula is C18H21N3O. The van der Waals surface area contributed by atoms with E-state index in [1.165, 1.54) is 0 Å². The van der Waals surface area contributed by atoms with Gasteiger partial charge in [-0.05, 0) is 30.7 Å². The largest absolute Gasteiger partial charge is 0.497 e. The van der Waals surface area contributed by atoms with Crippen molar-refractivity contribution in [3.8, 4) is 17.0 Å². The van der Waals surface area contributed by atoms with Crippen molar-refractivity contribution in [1.29, 1.82) is 0 Å². The molecule has 4 nitrogen and oxygen atoms in total. The SMILES string of the molecule is COc1cccc(-c2nc3c(C)cccn3c2C(C)CN)c1. The highest BCUT2D eigenvalue weighted by molar-refractivity contribution is 5.69. The molecule has 2 heterocycles. The van der Waals surface area contributed by atoms with Gasteiger partial charge in [-0.2, -0.15) is 0 Å². The summed E-state index contributed by atoms with van der Waals surface area (Å²) in [6.07, 6.45) is 2.06. The van der Waals surface area contributed by atoms with Crippen LogP contribution in [0.5, 0.6) is 5.75 Å². The summed E-state index contributed by atoms with van der Waals surface area (Å²) in [5, 5.41) is 0. The number of hydrogen-bond donors (Lipinski definition) is 1. The van der Waals surface area contributed by atoms with Crippen LogP contribution in [0.2, 0.25) is 0 Å². The smallest absolute Gasteiger partial charge is 0.140 e. The van der Waals surface area contributed by atoms with Crippen LogP contribution in [0.1, 0.15) is 24.1 Å². The predicted octanol–water partition coefficient (Wildman–Crippen LogP) is 3.38. The first-order valence-corrected chi connectivity index (χ1v) is 7.47. The van der Waals surface area contributed by atoms with Crippen molar-refractivity contribution in [3.63, 3.8) is 0 Å². The monoisotopic (exact) mass is 295 g/mol. The average Bonchev–Trinajstić information content (AvgIpc) is 2.95. The Morgan fingerprint density at radius 3 is 2.82 bits per heavy atom. The van der Waals surface area contributed by atoms with Crippen molar-refractivity contribution in [3.05, 3.63) is 53.9 Å². The highest BCUT2D eigenvalue weighted by atomic mass is 16.5. The molecule has 2 aromatic heterocycles. The topological polar surface area (TPSA) is 52.5 Å². The number of rotatable bonds is 4. The van der Waals surface area contributed by atoms with E-state index < -0.39 is 0 Å². The van der Waals surface area contributed by atoms with E-state index in [9.17, 15) is 0 Å². The third-order valence-electron chi connectivity index (χ3n) is 4.05. The lowest BCUT2D eigenvalue weighted by molar-refractivity contribution is 0.415. The van der Waals surface area contributed by atoms with Crippen LogP contribution in [-0.2, 0) is 0 Å².